The van der Waals surface area contributed by atoms with Crippen molar-refractivity contribution in [2.75, 3.05) is 25.9 Å². The summed E-state index contributed by atoms with van der Waals surface area (Å²) in [5, 5.41) is 2.79. The number of nitrogens with zero attached hydrogens (tertiary/aromatic N) is 1. The van der Waals surface area contributed by atoms with Gasteiger partial charge in [0.2, 0.25) is 11.8 Å². The van der Waals surface area contributed by atoms with E-state index in [0.29, 0.717) is 18.2 Å². The third kappa shape index (κ3) is 5.73. The smallest absolute Gasteiger partial charge is 0.239 e. The van der Waals surface area contributed by atoms with E-state index in [2.05, 4.69) is 5.32 Å². The summed E-state index contributed by atoms with van der Waals surface area (Å²) in [7, 11) is 1.63. The van der Waals surface area contributed by atoms with Gasteiger partial charge in [0.1, 0.15) is 0 Å². The van der Waals surface area contributed by atoms with Crippen molar-refractivity contribution in [2.24, 2.45) is 5.92 Å². The fourth-order valence-corrected chi connectivity index (χ4v) is 1.62. The highest BCUT2D eigenvalue weighted by Crippen LogP contribution is 2.07. The zero-order chi connectivity index (χ0) is 15.1. The van der Waals surface area contributed by atoms with Gasteiger partial charge in [-0.3, -0.25) is 9.59 Å². The molecule has 0 aromatic heterocycles. The first-order valence-electron chi connectivity index (χ1n) is 6.73. The van der Waals surface area contributed by atoms with Crippen LogP contribution in [0.1, 0.15) is 19.4 Å². The highest BCUT2D eigenvalue weighted by molar-refractivity contribution is 5.85. The molecule has 0 heterocycles. The van der Waals surface area contributed by atoms with Gasteiger partial charge in [0, 0.05) is 19.3 Å². The molecule has 0 unspecified atom stereocenters. The third-order valence-corrected chi connectivity index (χ3v) is 2.85. The van der Waals surface area contributed by atoms with E-state index in [9.17, 15) is 9.59 Å². The van der Waals surface area contributed by atoms with Crippen molar-refractivity contribution in [2.45, 2.75) is 20.3 Å². The van der Waals surface area contributed by atoms with Crippen molar-refractivity contribution >= 4 is 17.5 Å². The Morgan fingerprint density at radius 3 is 2.40 bits per heavy atom. The van der Waals surface area contributed by atoms with E-state index in [1.807, 2.05) is 26.0 Å². The van der Waals surface area contributed by atoms with Gasteiger partial charge in [-0.1, -0.05) is 26.0 Å². The number of anilines is 1. The molecule has 0 aliphatic rings. The van der Waals surface area contributed by atoms with E-state index >= 15 is 0 Å². The summed E-state index contributed by atoms with van der Waals surface area (Å²) in [5.41, 5.74) is 7.15. The number of hydrogen-bond acceptors (Lipinski definition) is 3. The highest BCUT2D eigenvalue weighted by Gasteiger charge is 2.13. The molecule has 20 heavy (non-hydrogen) atoms. The number of rotatable bonds is 6. The summed E-state index contributed by atoms with van der Waals surface area (Å²) in [6.45, 7) is 4.76. The molecule has 5 heteroatoms. The minimum absolute atomic E-state index is 0.0839. The molecule has 0 aliphatic heterocycles. The second-order valence-electron chi connectivity index (χ2n) is 5.37. The van der Waals surface area contributed by atoms with Gasteiger partial charge in [-0.05, 0) is 23.6 Å². The summed E-state index contributed by atoms with van der Waals surface area (Å²) in [5.74, 6) is 0.177. The van der Waals surface area contributed by atoms with E-state index in [0.717, 1.165) is 5.56 Å². The SMILES string of the molecule is CC(C)CNC(=O)CN(C)C(=O)Cc1ccc(N)cc1. The fraction of sp³-hybridized carbons (Fsp3) is 0.467. The third-order valence-electron chi connectivity index (χ3n) is 2.85. The van der Waals surface area contributed by atoms with Crippen LogP contribution in [0, 0.1) is 5.92 Å². The van der Waals surface area contributed by atoms with E-state index in [-0.39, 0.29) is 24.8 Å². The summed E-state index contributed by atoms with van der Waals surface area (Å²) >= 11 is 0. The van der Waals surface area contributed by atoms with Crippen LogP contribution in [0.3, 0.4) is 0 Å². The predicted molar refractivity (Wildman–Crippen MR) is 80.0 cm³/mol. The Hall–Kier alpha value is -2.04. The molecule has 0 bridgehead atoms. The number of nitrogen functional groups attached to an aromatic ring is 1. The Morgan fingerprint density at radius 1 is 1.25 bits per heavy atom. The predicted octanol–water partition coefficient (Wildman–Crippen LogP) is 1.04. The molecular weight excluding hydrogens is 254 g/mol. The van der Waals surface area contributed by atoms with Crippen LogP contribution < -0.4 is 11.1 Å². The van der Waals surface area contributed by atoms with Crippen molar-refractivity contribution < 1.29 is 9.59 Å². The molecule has 110 valence electrons. The average Bonchev–Trinajstić information content (AvgIpc) is 2.39. The largest absolute Gasteiger partial charge is 0.399 e. The van der Waals surface area contributed by atoms with Crippen LogP contribution in [0.5, 0.6) is 0 Å². The number of nitrogens with one attached hydrogen (secondary N) is 1. The molecule has 5 nitrogen and oxygen atoms in total. The molecular formula is C15H23N3O2. The zero-order valence-electron chi connectivity index (χ0n) is 12.3. The van der Waals surface area contributed by atoms with E-state index in [1.165, 1.54) is 4.90 Å². The zero-order valence-corrected chi connectivity index (χ0v) is 12.3. The fourth-order valence-electron chi connectivity index (χ4n) is 1.62. The van der Waals surface area contributed by atoms with Crippen LogP contribution in [0.15, 0.2) is 24.3 Å². The summed E-state index contributed by atoms with van der Waals surface area (Å²) in [6, 6.07) is 7.16. The first-order chi connectivity index (χ1) is 9.38. The molecule has 0 radical (unpaired) electrons. The van der Waals surface area contributed by atoms with Crippen LogP contribution in [-0.2, 0) is 16.0 Å². The van der Waals surface area contributed by atoms with E-state index in [4.69, 9.17) is 5.73 Å². The van der Waals surface area contributed by atoms with Crippen LogP contribution in [0.25, 0.3) is 0 Å². The number of nitrogens with two attached hydrogens (primary N) is 1. The van der Waals surface area contributed by atoms with Crippen LogP contribution >= 0.6 is 0 Å². The van der Waals surface area contributed by atoms with Crippen LogP contribution in [0.2, 0.25) is 0 Å². The monoisotopic (exact) mass is 277 g/mol. The van der Waals surface area contributed by atoms with Gasteiger partial charge in [0.25, 0.3) is 0 Å². The Balaban J connectivity index is 2.42. The first-order valence-corrected chi connectivity index (χ1v) is 6.73. The Labute approximate surface area is 120 Å². The van der Waals surface area contributed by atoms with Gasteiger partial charge in [-0.2, -0.15) is 0 Å². The van der Waals surface area contributed by atoms with E-state index < -0.39 is 0 Å². The second-order valence-corrected chi connectivity index (χ2v) is 5.37. The normalized spacial score (nSPS) is 10.4. The Bertz CT molecular complexity index is 455. The van der Waals surface area contributed by atoms with Crippen molar-refractivity contribution in [3.63, 3.8) is 0 Å². The molecule has 0 aliphatic carbocycles. The molecule has 0 fully saturated rings. The lowest BCUT2D eigenvalue weighted by Crippen LogP contribution is -2.40. The lowest BCUT2D eigenvalue weighted by Gasteiger charge is -2.17. The molecule has 2 amide bonds. The standard InChI is InChI=1S/C15H23N3O2/c1-11(2)9-17-14(19)10-18(3)15(20)8-12-4-6-13(16)7-5-12/h4-7,11H,8-10,16H2,1-3H3,(H,17,19). The maximum atomic E-state index is 12.0. The Kier molecular flexibility index (Phi) is 6.03. The molecule has 0 saturated heterocycles. The van der Waals surface area contributed by atoms with Crippen molar-refractivity contribution in [1.29, 1.82) is 0 Å². The van der Waals surface area contributed by atoms with Gasteiger partial charge in [-0.25, -0.2) is 0 Å². The van der Waals surface area contributed by atoms with Gasteiger partial charge in [-0.15, -0.1) is 0 Å². The number of likely N-dealkylation sites (N-methyl/N-ethyl adjacent to an activating group) is 1. The Morgan fingerprint density at radius 2 is 1.85 bits per heavy atom. The maximum absolute atomic E-state index is 12.0. The van der Waals surface area contributed by atoms with Crippen LogP contribution in [0.4, 0.5) is 5.69 Å². The number of amides is 2. The molecule has 0 atom stereocenters. The van der Waals surface area contributed by atoms with Gasteiger partial charge in [0.05, 0.1) is 13.0 Å². The topological polar surface area (TPSA) is 75.4 Å². The molecule has 1 aromatic carbocycles. The number of carbonyl (C=O) groups is 2. The van der Waals surface area contributed by atoms with Gasteiger partial charge >= 0.3 is 0 Å². The second kappa shape index (κ2) is 7.53. The first kappa shape index (κ1) is 16.0. The highest BCUT2D eigenvalue weighted by atomic mass is 16.2. The molecule has 0 spiro atoms. The minimum Gasteiger partial charge on any atom is -0.399 e. The summed E-state index contributed by atoms with van der Waals surface area (Å²) in [6.07, 6.45) is 0.272. The molecule has 3 N–H and O–H groups in total. The van der Waals surface area contributed by atoms with Gasteiger partial charge < -0.3 is 16.0 Å². The number of benzene rings is 1. The molecule has 0 saturated carbocycles. The summed E-state index contributed by atoms with van der Waals surface area (Å²) < 4.78 is 0. The van der Waals surface area contributed by atoms with Crippen molar-refractivity contribution in [3.8, 4) is 0 Å². The van der Waals surface area contributed by atoms with Crippen LogP contribution in [-0.4, -0.2) is 36.9 Å². The number of hydrogen-bond donors (Lipinski definition) is 2. The maximum Gasteiger partial charge on any atom is 0.239 e. The van der Waals surface area contributed by atoms with Crippen molar-refractivity contribution in [3.05, 3.63) is 29.8 Å². The van der Waals surface area contributed by atoms with E-state index in [1.54, 1.807) is 19.2 Å². The molecule has 1 aromatic rings. The quantitative estimate of drug-likeness (QED) is 0.763. The summed E-state index contributed by atoms with van der Waals surface area (Å²) in [4.78, 5) is 25.1. The van der Waals surface area contributed by atoms with Gasteiger partial charge in [0.15, 0.2) is 0 Å². The lowest BCUT2D eigenvalue weighted by molar-refractivity contribution is -0.134. The average molecular weight is 277 g/mol. The number of carbonyl (C=O) groups excluding carboxylic acids is 2. The van der Waals surface area contributed by atoms with Crippen molar-refractivity contribution in [1.82, 2.24) is 10.2 Å². The lowest BCUT2D eigenvalue weighted by atomic mass is 10.1. The molecule has 1 rings (SSSR count). The minimum atomic E-state index is -0.133.